The van der Waals surface area contributed by atoms with Crippen LogP contribution in [0.5, 0.6) is 0 Å². The molecule has 23 heavy (non-hydrogen) atoms. The number of hydrogen-bond acceptors (Lipinski definition) is 4. The van der Waals surface area contributed by atoms with Crippen LogP contribution in [0.1, 0.15) is 11.1 Å². The Kier molecular flexibility index (Phi) is 3.55. The van der Waals surface area contributed by atoms with Gasteiger partial charge >= 0.3 is 6.18 Å². The SMILES string of the molecule is Cc1ccc(-c2nnc(-c3ccc(N)cc3)o2)cc1C(F)(F)F. The van der Waals surface area contributed by atoms with Crippen molar-refractivity contribution in [2.45, 2.75) is 13.1 Å². The number of nitrogens with zero attached hydrogens (tertiary/aromatic N) is 2. The zero-order chi connectivity index (χ0) is 16.6. The number of hydrogen-bond donors (Lipinski definition) is 1. The summed E-state index contributed by atoms with van der Waals surface area (Å²) in [7, 11) is 0. The topological polar surface area (TPSA) is 64.9 Å². The molecule has 4 nitrogen and oxygen atoms in total. The van der Waals surface area contributed by atoms with Crippen LogP contribution >= 0.6 is 0 Å². The molecule has 2 aromatic carbocycles. The van der Waals surface area contributed by atoms with E-state index in [4.69, 9.17) is 10.2 Å². The highest BCUT2D eigenvalue weighted by Gasteiger charge is 2.32. The minimum atomic E-state index is -4.43. The zero-order valence-electron chi connectivity index (χ0n) is 12.1. The largest absolute Gasteiger partial charge is 0.416 e. The molecule has 0 aliphatic heterocycles. The number of nitrogens with two attached hydrogens (primary N) is 1. The Bertz CT molecular complexity index is 839. The fraction of sp³-hybridized carbons (Fsp3) is 0.125. The van der Waals surface area contributed by atoms with Gasteiger partial charge in [-0.1, -0.05) is 6.07 Å². The maximum absolute atomic E-state index is 13.0. The summed E-state index contributed by atoms with van der Waals surface area (Å²) in [5, 5.41) is 7.69. The van der Waals surface area contributed by atoms with Crippen LogP contribution in [0.3, 0.4) is 0 Å². The van der Waals surface area contributed by atoms with Crippen LogP contribution in [0.15, 0.2) is 46.9 Å². The summed E-state index contributed by atoms with van der Waals surface area (Å²) in [5.41, 5.74) is 6.46. The molecule has 3 aromatic rings. The van der Waals surface area contributed by atoms with Gasteiger partial charge in [0.2, 0.25) is 11.8 Å². The van der Waals surface area contributed by atoms with Gasteiger partial charge in [-0.25, -0.2) is 0 Å². The lowest BCUT2D eigenvalue weighted by molar-refractivity contribution is -0.138. The summed E-state index contributed by atoms with van der Waals surface area (Å²) < 4.78 is 44.4. The third kappa shape index (κ3) is 3.03. The highest BCUT2D eigenvalue weighted by molar-refractivity contribution is 5.61. The van der Waals surface area contributed by atoms with Gasteiger partial charge in [0.05, 0.1) is 5.56 Å². The number of rotatable bonds is 2. The van der Waals surface area contributed by atoms with Crippen molar-refractivity contribution in [3.8, 4) is 22.9 Å². The second-order valence-corrected chi connectivity index (χ2v) is 5.06. The number of nitrogen functional groups attached to an aromatic ring is 1. The molecule has 3 rings (SSSR count). The molecule has 0 spiro atoms. The Hall–Kier alpha value is -2.83. The van der Waals surface area contributed by atoms with Gasteiger partial charge in [-0.3, -0.25) is 0 Å². The smallest absolute Gasteiger partial charge is 0.416 e. The van der Waals surface area contributed by atoms with Crippen molar-refractivity contribution < 1.29 is 17.6 Å². The zero-order valence-corrected chi connectivity index (χ0v) is 12.1. The lowest BCUT2D eigenvalue weighted by Gasteiger charge is -2.10. The lowest BCUT2D eigenvalue weighted by Crippen LogP contribution is -2.07. The van der Waals surface area contributed by atoms with Crippen LogP contribution in [-0.2, 0) is 6.18 Å². The summed E-state index contributed by atoms with van der Waals surface area (Å²) in [6.45, 7) is 1.40. The van der Waals surface area contributed by atoms with Gasteiger partial charge < -0.3 is 10.2 Å². The molecule has 0 aliphatic rings. The molecule has 7 heteroatoms. The first kappa shape index (κ1) is 15.1. The van der Waals surface area contributed by atoms with Crippen LogP contribution in [0.25, 0.3) is 22.9 Å². The van der Waals surface area contributed by atoms with E-state index in [-0.39, 0.29) is 22.9 Å². The molecule has 0 amide bonds. The van der Waals surface area contributed by atoms with E-state index in [1.807, 2.05) is 0 Å². The second-order valence-electron chi connectivity index (χ2n) is 5.06. The number of aromatic nitrogens is 2. The molecule has 0 bridgehead atoms. The van der Waals surface area contributed by atoms with E-state index in [2.05, 4.69) is 10.2 Å². The minimum Gasteiger partial charge on any atom is -0.416 e. The first-order valence-electron chi connectivity index (χ1n) is 6.72. The number of anilines is 1. The van der Waals surface area contributed by atoms with Crippen LogP contribution < -0.4 is 5.73 Å². The average Bonchev–Trinajstić information content (AvgIpc) is 2.97. The summed E-state index contributed by atoms with van der Waals surface area (Å²) >= 11 is 0. The van der Waals surface area contributed by atoms with Gasteiger partial charge in [-0.15, -0.1) is 10.2 Å². The summed E-state index contributed by atoms with van der Waals surface area (Å²) in [4.78, 5) is 0. The summed E-state index contributed by atoms with van der Waals surface area (Å²) in [6.07, 6.45) is -4.43. The van der Waals surface area contributed by atoms with Crippen LogP contribution in [-0.4, -0.2) is 10.2 Å². The third-order valence-corrected chi connectivity index (χ3v) is 3.37. The van der Waals surface area contributed by atoms with E-state index >= 15 is 0 Å². The van der Waals surface area contributed by atoms with Crippen molar-refractivity contribution >= 4 is 5.69 Å². The van der Waals surface area contributed by atoms with Crippen LogP contribution in [0.2, 0.25) is 0 Å². The van der Waals surface area contributed by atoms with Gasteiger partial charge in [0.25, 0.3) is 0 Å². The number of aryl methyl sites for hydroxylation is 1. The van der Waals surface area contributed by atoms with Crippen molar-refractivity contribution in [1.29, 1.82) is 0 Å². The molecule has 0 unspecified atom stereocenters. The molecule has 0 radical (unpaired) electrons. The molecule has 0 aliphatic carbocycles. The molecular weight excluding hydrogens is 307 g/mol. The number of benzene rings is 2. The lowest BCUT2D eigenvalue weighted by atomic mass is 10.0. The van der Waals surface area contributed by atoms with Gasteiger partial charge in [0.1, 0.15) is 0 Å². The van der Waals surface area contributed by atoms with Crippen molar-refractivity contribution in [3.05, 3.63) is 53.6 Å². The predicted molar refractivity (Wildman–Crippen MR) is 79.3 cm³/mol. The van der Waals surface area contributed by atoms with Crippen LogP contribution in [0.4, 0.5) is 18.9 Å². The third-order valence-electron chi connectivity index (χ3n) is 3.37. The first-order valence-corrected chi connectivity index (χ1v) is 6.72. The van der Waals surface area contributed by atoms with E-state index in [0.717, 1.165) is 6.07 Å². The standard InChI is InChI=1S/C16H12F3N3O/c1-9-2-3-11(8-13(9)16(17,18)19)15-22-21-14(23-15)10-4-6-12(20)7-5-10/h2-8H,20H2,1H3. The van der Waals surface area contributed by atoms with E-state index in [9.17, 15) is 13.2 Å². The maximum Gasteiger partial charge on any atom is 0.416 e. The quantitative estimate of drug-likeness (QED) is 0.715. The molecule has 0 saturated heterocycles. The van der Waals surface area contributed by atoms with Gasteiger partial charge in [0.15, 0.2) is 0 Å². The van der Waals surface area contributed by atoms with Gasteiger partial charge in [-0.2, -0.15) is 13.2 Å². The normalized spacial score (nSPS) is 11.7. The van der Waals surface area contributed by atoms with E-state index in [0.29, 0.717) is 11.3 Å². The van der Waals surface area contributed by atoms with E-state index < -0.39 is 11.7 Å². The van der Waals surface area contributed by atoms with Crippen LogP contribution in [0, 0.1) is 6.92 Å². The average molecular weight is 319 g/mol. The number of halogens is 3. The van der Waals surface area contributed by atoms with Crippen molar-refractivity contribution in [1.82, 2.24) is 10.2 Å². The monoisotopic (exact) mass is 319 g/mol. The van der Waals surface area contributed by atoms with Crippen molar-refractivity contribution in [2.75, 3.05) is 5.73 Å². The Balaban J connectivity index is 1.99. The molecular formula is C16H12F3N3O. The fourth-order valence-electron chi connectivity index (χ4n) is 2.14. The Morgan fingerprint density at radius 2 is 1.48 bits per heavy atom. The summed E-state index contributed by atoms with van der Waals surface area (Å²) in [5.74, 6) is 0.247. The highest BCUT2D eigenvalue weighted by atomic mass is 19.4. The molecule has 1 aromatic heterocycles. The van der Waals surface area contributed by atoms with Crippen molar-refractivity contribution in [2.24, 2.45) is 0 Å². The Morgan fingerprint density at radius 1 is 0.913 bits per heavy atom. The first-order chi connectivity index (χ1) is 10.8. The van der Waals surface area contributed by atoms with Gasteiger partial charge in [-0.05, 0) is 48.9 Å². The fourth-order valence-corrected chi connectivity index (χ4v) is 2.14. The predicted octanol–water partition coefficient (Wildman–Crippen LogP) is 4.31. The molecule has 1 heterocycles. The van der Waals surface area contributed by atoms with Crippen molar-refractivity contribution in [3.63, 3.8) is 0 Å². The molecule has 118 valence electrons. The minimum absolute atomic E-state index is 0.0299. The Labute approximate surface area is 129 Å². The van der Waals surface area contributed by atoms with E-state index in [1.54, 1.807) is 24.3 Å². The molecule has 2 N–H and O–H groups in total. The second kappa shape index (κ2) is 5.42. The highest BCUT2D eigenvalue weighted by Crippen LogP contribution is 2.34. The van der Waals surface area contributed by atoms with E-state index in [1.165, 1.54) is 19.1 Å². The maximum atomic E-state index is 13.0. The van der Waals surface area contributed by atoms with Gasteiger partial charge in [0, 0.05) is 16.8 Å². The molecule has 0 saturated carbocycles. The Morgan fingerprint density at radius 3 is 2.09 bits per heavy atom. The molecule has 0 fully saturated rings. The summed E-state index contributed by atoms with van der Waals surface area (Å²) in [6, 6.07) is 10.7. The molecule has 0 atom stereocenters. The number of alkyl halides is 3.